The molecule has 7 nitrogen and oxygen atoms in total. The van der Waals surface area contributed by atoms with Crippen molar-refractivity contribution in [3.63, 3.8) is 0 Å². The number of ether oxygens (including phenoxy) is 1. The molecular weight excluding hydrogens is 448 g/mol. The summed E-state index contributed by atoms with van der Waals surface area (Å²) in [7, 11) is 3.84. The van der Waals surface area contributed by atoms with Crippen molar-refractivity contribution in [2.45, 2.75) is 25.8 Å². The molecule has 1 aliphatic heterocycles. The summed E-state index contributed by atoms with van der Waals surface area (Å²) in [5, 5.41) is 3.00. The molecule has 2 amide bonds. The maximum atomic E-state index is 13.2. The molecule has 0 radical (unpaired) electrons. The second kappa shape index (κ2) is 11.2. The fourth-order valence-electron chi connectivity index (χ4n) is 3.99. The van der Waals surface area contributed by atoms with E-state index in [2.05, 4.69) is 10.3 Å². The Morgan fingerprint density at radius 1 is 1.09 bits per heavy atom. The van der Waals surface area contributed by atoms with Crippen molar-refractivity contribution in [3.05, 3.63) is 65.2 Å². The number of hydrogen-bond donors (Lipinski definition) is 1. The van der Waals surface area contributed by atoms with Crippen LogP contribution in [0.4, 0.5) is 5.82 Å². The fraction of sp³-hybridized carbons (Fsp3) is 0.346. The van der Waals surface area contributed by atoms with Crippen molar-refractivity contribution in [1.29, 1.82) is 0 Å². The van der Waals surface area contributed by atoms with Crippen LogP contribution in [0.5, 0.6) is 5.75 Å². The summed E-state index contributed by atoms with van der Waals surface area (Å²) in [5.41, 5.74) is 1.92. The molecule has 34 heavy (non-hydrogen) atoms. The van der Waals surface area contributed by atoms with Crippen LogP contribution in [0.2, 0.25) is 0 Å². The van der Waals surface area contributed by atoms with E-state index in [0.717, 1.165) is 54.2 Å². The van der Waals surface area contributed by atoms with Crippen molar-refractivity contribution < 1.29 is 14.3 Å². The van der Waals surface area contributed by atoms with Gasteiger partial charge in [0.25, 0.3) is 11.8 Å². The molecule has 0 saturated carbocycles. The van der Waals surface area contributed by atoms with Gasteiger partial charge in [0, 0.05) is 50.4 Å². The number of benzene rings is 1. The maximum absolute atomic E-state index is 13.2. The van der Waals surface area contributed by atoms with E-state index in [4.69, 9.17) is 4.74 Å². The molecule has 0 bridgehead atoms. The highest BCUT2D eigenvalue weighted by molar-refractivity contribution is 7.17. The maximum Gasteiger partial charge on any atom is 0.265 e. The van der Waals surface area contributed by atoms with Crippen LogP contribution in [-0.2, 0) is 11.3 Å². The van der Waals surface area contributed by atoms with Gasteiger partial charge >= 0.3 is 0 Å². The highest BCUT2D eigenvalue weighted by atomic mass is 32.1. The lowest BCUT2D eigenvalue weighted by atomic mass is 10.1. The summed E-state index contributed by atoms with van der Waals surface area (Å²) in [6, 6.07) is 15.5. The molecule has 1 aliphatic rings. The Morgan fingerprint density at radius 2 is 1.85 bits per heavy atom. The summed E-state index contributed by atoms with van der Waals surface area (Å²) in [5.74, 6) is 0.971. The molecule has 1 saturated heterocycles. The standard InChI is InChI=1S/C26H30N4O3S/c1-29(2)25-20(12-9-13-27-25)17-28-26(32)24-21(16-22(34-24)19-10-5-3-6-11-19)33-18-23(31)30-14-7-4-8-15-30/h3,5-6,9-13,16H,4,7-8,14-15,17-18H2,1-2H3,(H,28,32). The number of hydrogen-bond acceptors (Lipinski definition) is 6. The number of anilines is 1. The van der Waals surface area contributed by atoms with Crippen LogP contribution in [0.15, 0.2) is 54.7 Å². The smallest absolute Gasteiger partial charge is 0.265 e. The second-order valence-electron chi connectivity index (χ2n) is 8.46. The average molecular weight is 479 g/mol. The third-order valence-electron chi connectivity index (χ3n) is 5.75. The second-order valence-corrected chi connectivity index (χ2v) is 9.52. The van der Waals surface area contributed by atoms with Crippen molar-refractivity contribution in [2.75, 3.05) is 38.7 Å². The van der Waals surface area contributed by atoms with E-state index < -0.39 is 0 Å². The number of carbonyl (C=O) groups excluding carboxylic acids is 2. The first-order valence-corrected chi connectivity index (χ1v) is 12.3. The van der Waals surface area contributed by atoms with E-state index in [9.17, 15) is 9.59 Å². The lowest BCUT2D eigenvalue weighted by Gasteiger charge is -2.26. The van der Waals surface area contributed by atoms with Gasteiger partial charge in [-0.25, -0.2) is 4.98 Å². The predicted octanol–water partition coefficient (Wildman–Crippen LogP) is 4.20. The molecule has 2 aromatic heterocycles. The Hall–Kier alpha value is -3.39. The minimum Gasteiger partial charge on any atom is -0.482 e. The molecule has 3 aromatic rings. The third-order valence-corrected chi connectivity index (χ3v) is 6.92. The highest BCUT2D eigenvalue weighted by Gasteiger charge is 2.22. The molecule has 0 atom stereocenters. The Labute approximate surface area is 204 Å². The molecule has 178 valence electrons. The lowest BCUT2D eigenvalue weighted by molar-refractivity contribution is -0.134. The van der Waals surface area contributed by atoms with Gasteiger partial charge in [-0.1, -0.05) is 36.4 Å². The Morgan fingerprint density at radius 3 is 2.59 bits per heavy atom. The third kappa shape index (κ3) is 5.75. The van der Waals surface area contributed by atoms with E-state index in [1.165, 1.54) is 11.3 Å². The van der Waals surface area contributed by atoms with Gasteiger partial charge < -0.3 is 19.9 Å². The zero-order chi connectivity index (χ0) is 23.9. The summed E-state index contributed by atoms with van der Waals surface area (Å²) >= 11 is 1.37. The van der Waals surface area contributed by atoms with Gasteiger partial charge in [0.15, 0.2) is 6.61 Å². The number of likely N-dealkylation sites (tertiary alicyclic amines) is 1. The summed E-state index contributed by atoms with van der Waals surface area (Å²) in [6.07, 6.45) is 4.95. The van der Waals surface area contributed by atoms with E-state index >= 15 is 0 Å². The average Bonchev–Trinajstić information content (AvgIpc) is 3.31. The normalized spacial score (nSPS) is 13.4. The number of rotatable bonds is 8. The predicted molar refractivity (Wildman–Crippen MR) is 135 cm³/mol. The van der Waals surface area contributed by atoms with Crippen molar-refractivity contribution in [3.8, 4) is 16.2 Å². The van der Waals surface area contributed by atoms with Crippen LogP contribution >= 0.6 is 11.3 Å². The monoisotopic (exact) mass is 478 g/mol. The molecule has 0 unspecified atom stereocenters. The van der Waals surface area contributed by atoms with Gasteiger partial charge in [0.05, 0.1) is 0 Å². The fourth-order valence-corrected chi connectivity index (χ4v) is 5.01. The molecule has 4 rings (SSSR count). The number of pyridine rings is 1. The largest absolute Gasteiger partial charge is 0.482 e. The van der Waals surface area contributed by atoms with Gasteiger partial charge in [-0.15, -0.1) is 11.3 Å². The summed E-state index contributed by atoms with van der Waals surface area (Å²) in [4.78, 5) is 35.4. The quantitative estimate of drug-likeness (QED) is 0.525. The van der Waals surface area contributed by atoms with Gasteiger partial charge in [-0.05, 0) is 37.0 Å². The molecule has 1 aromatic carbocycles. The number of carbonyl (C=O) groups is 2. The summed E-state index contributed by atoms with van der Waals surface area (Å²) < 4.78 is 5.93. The van der Waals surface area contributed by atoms with Gasteiger partial charge in [0.2, 0.25) is 0 Å². The van der Waals surface area contributed by atoms with Crippen LogP contribution < -0.4 is 15.0 Å². The Bertz CT molecular complexity index is 1120. The SMILES string of the molecule is CN(C)c1ncccc1CNC(=O)c1sc(-c2ccccc2)cc1OCC(=O)N1CCCCC1. The Kier molecular flexibility index (Phi) is 7.80. The first kappa shape index (κ1) is 23.8. The number of nitrogens with one attached hydrogen (secondary N) is 1. The minimum atomic E-state index is -0.235. The lowest BCUT2D eigenvalue weighted by Crippen LogP contribution is -2.38. The van der Waals surface area contributed by atoms with E-state index in [1.807, 2.05) is 72.4 Å². The van der Waals surface area contributed by atoms with E-state index in [-0.39, 0.29) is 18.4 Å². The topological polar surface area (TPSA) is 74.8 Å². The van der Waals surface area contributed by atoms with E-state index in [0.29, 0.717) is 17.2 Å². The molecule has 8 heteroatoms. The summed E-state index contributed by atoms with van der Waals surface area (Å²) in [6.45, 7) is 1.81. The van der Waals surface area contributed by atoms with E-state index in [1.54, 1.807) is 6.20 Å². The number of piperidine rings is 1. The van der Waals surface area contributed by atoms with Crippen molar-refractivity contribution in [2.24, 2.45) is 0 Å². The number of thiophene rings is 1. The molecule has 0 spiro atoms. The van der Waals surface area contributed by atoms with Crippen LogP contribution in [0.3, 0.4) is 0 Å². The highest BCUT2D eigenvalue weighted by Crippen LogP contribution is 2.36. The molecule has 1 fully saturated rings. The first-order chi connectivity index (χ1) is 16.5. The van der Waals surface area contributed by atoms with Gasteiger partial charge in [-0.2, -0.15) is 0 Å². The van der Waals surface area contributed by atoms with Crippen LogP contribution in [0, 0.1) is 0 Å². The first-order valence-electron chi connectivity index (χ1n) is 11.5. The Balaban J connectivity index is 1.51. The zero-order valence-corrected chi connectivity index (χ0v) is 20.4. The van der Waals surface area contributed by atoms with Gasteiger partial charge in [0.1, 0.15) is 16.4 Å². The number of amides is 2. The number of aromatic nitrogens is 1. The van der Waals surface area contributed by atoms with Crippen LogP contribution in [-0.4, -0.2) is 55.5 Å². The van der Waals surface area contributed by atoms with Crippen molar-refractivity contribution >= 4 is 29.0 Å². The zero-order valence-electron chi connectivity index (χ0n) is 19.6. The molecule has 3 heterocycles. The van der Waals surface area contributed by atoms with Crippen molar-refractivity contribution in [1.82, 2.24) is 15.2 Å². The molecular formula is C26H30N4O3S. The molecule has 0 aliphatic carbocycles. The van der Waals surface area contributed by atoms with Crippen LogP contribution in [0.1, 0.15) is 34.5 Å². The number of nitrogens with zero attached hydrogens (tertiary/aromatic N) is 3. The van der Waals surface area contributed by atoms with Crippen LogP contribution in [0.25, 0.3) is 10.4 Å². The minimum absolute atomic E-state index is 0.0375. The molecule has 1 N–H and O–H groups in total. The van der Waals surface area contributed by atoms with Gasteiger partial charge in [-0.3, -0.25) is 9.59 Å².